The van der Waals surface area contributed by atoms with E-state index >= 15 is 0 Å². The Kier molecular flexibility index (Phi) is 3.99. The van der Waals surface area contributed by atoms with E-state index in [1.54, 1.807) is 19.9 Å². The van der Waals surface area contributed by atoms with Crippen molar-refractivity contribution in [2.24, 2.45) is 0 Å². The predicted octanol–water partition coefficient (Wildman–Crippen LogP) is 2.04. The van der Waals surface area contributed by atoms with Gasteiger partial charge in [0.05, 0.1) is 5.56 Å². The van der Waals surface area contributed by atoms with Gasteiger partial charge in [0.2, 0.25) is 0 Å². The maximum absolute atomic E-state index is 11.6. The van der Waals surface area contributed by atoms with Crippen LogP contribution in [-0.4, -0.2) is 12.5 Å². The van der Waals surface area contributed by atoms with Crippen LogP contribution >= 0.6 is 0 Å². The van der Waals surface area contributed by atoms with Crippen LogP contribution in [0.25, 0.3) is 0 Å². The SMILES string of the molecule is CC#CCCNC(=O)c1cc(C)oc1C. The molecular formula is C12H15NO2. The van der Waals surface area contributed by atoms with E-state index in [1.807, 2.05) is 6.92 Å². The molecular weight excluding hydrogens is 190 g/mol. The second-order valence-electron chi connectivity index (χ2n) is 3.26. The fraction of sp³-hybridized carbons (Fsp3) is 0.417. The van der Waals surface area contributed by atoms with E-state index in [0.717, 1.165) is 5.76 Å². The highest BCUT2D eigenvalue weighted by Crippen LogP contribution is 2.12. The standard InChI is InChI=1S/C12H15NO2/c1-4-5-6-7-13-12(14)11-8-9(2)15-10(11)3/h8H,6-7H2,1-3H3,(H,13,14). The predicted molar refractivity (Wildman–Crippen MR) is 58.6 cm³/mol. The number of nitrogens with one attached hydrogen (secondary N) is 1. The first-order chi connectivity index (χ1) is 7.15. The lowest BCUT2D eigenvalue weighted by Crippen LogP contribution is -2.24. The van der Waals surface area contributed by atoms with E-state index in [0.29, 0.717) is 24.3 Å². The van der Waals surface area contributed by atoms with Crippen LogP contribution < -0.4 is 5.32 Å². The first kappa shape index (κ1) is 11.4. The molecule has 0 aliphatic rings. The topological polar surface area (TPSA) is 42.2 Å². The summed E-state index contributed by atoms with van der Waals surface area (Å²) < 4.78 is 5.27. The molecule has 3 heteroatoms. The Morgan fingerprint density at radius 2 is 2.27 bits per heavy atom. The number of carbonyl (C=O) groups is 1. The van der Waals surface area contributed by atoms with Gasteiger partial charge >= 0.3 is 0 Å². The zero-order valence-electron chi connectivity index (χ0n) is 9.31. The van der Waals surface area contributed by atoms with Crippen molar-refractivity contribution in [2.45, 2.75) is 27.2 Å². The van der Waals surface area contributed by atoms with Gasteiger partial charge in [0.1, 0.15) is 11.5 Å². The Labute approximate surface area is 89.9 Å². The highest BCUT2D eigenvalue weighted by atomic mass is 16.3. The first-order valence-electron chi connectivity index (χ1n) is 4.90. The highest BCUT2D eigenvalue weighted by Gasteiger charge is 2.12. The third-order valence-corrected chi connectivity index (χ3v) is 2.00. The molecule has 1 heterocycles. The molecule has 0 unspecified atom stereocenters. The van der Waals surface area contributed by atoms with E-state index in [1.165, 1.54) is 0 Å². The Morgan fingerprint density at radius 3 is 2.80 bits per heavy atom. The number of carbonyl (C=O) groups excluding carboxylic acids is 1. The molecule has 0 fully saturated rings. The van der Waals surface area contributed by atoms with Gasteiger partial charge in [-0.1, -0.05) is 0 Å². The molecule has 0 saturated heterocycles. The van der Waals surface area contributed by atoms with Crippen molar-refractivity contribution in [2.75, 3.05) is 6.54 Å². The number of amides is 1. The Hall–Kier alpha value is -1.69. The normalized spacial score (nSPS) is 9.27. The Balaban J connectivity index is 2.52. The van der Waals surface area contributed by atoms with Crippen LogP contribution in [0.5, 0.6) is 0 Å². The van der Waals surface area contributed by atoms with Crippen LogP contribution in [0.15, 0.2) is 10.5 Å². The molecule has 0 radical (unpaired) electrons. The highest BCUT2D eigenvalue weighted by molar-refractivity contribution is 5.95. The van der Waals surface area contributed by atoms with Gasteiger partial charge in [-0.3, -0.25) is 4.79 Å². The van der Waals surface area contributed by atoms with Crippen molar-refractivity contribution >= 4 is 5.91 Å². The maximum Gasteiger partial charge on any atom is 0.254 e. The summed E-state index contributed by atoms with van der Waals surface area (Å²) in [6.45, 7) is 5.97. The van der Waals surface area contributed by atoms with E-state index in [2.05, 4.69) is 17.2 Å². The summed E-state index contributed by atoms with van der Waals surface area (Å²) in [5.41, 5.74) is 0.608. The van der Waals surface area contributed by atoms with Gasteiger partial charge in [0, 0.05) is 13.0 Å². The summed E-state index contributed by atoms with van der Waals surface area (Å²) in [5.74, 6) is 6.98. The van der Waals surface area contributed by atoms with Crippen LogP contribution in [0, 0.1) is 25.7 Å². The summed E-state index contributed by atoms with van der Waals surface area (Å²) >= 11 is 0. The molecule has 0 aliphatic carbocycles. The summed E-state index contributed by atoms with van der Waals surface area (Å²) in [6, 6.07) is 1.75. The molecule has 0 aromatic carbocycles. The van der Waals surface area contributed by atoms with Gasteiger partial charge in [0.15, 0.2) is 0 Å². The summed E-state index contributed by atoms with van der Waals surface area (Å²) in [4.78, 5) is 11.6. The average Bonchev–Trinajstić information content (AvgIpc) is 2.52. The lowest BCUT2D eigenvalue weighted by molar-refractivity contribution is 0.0953. The Bertz CT molecular complexity index is 407. The van der Waals surface area contributed by atoms with Gasteiger partial charge < -0.3 is 9.73 Å². The molecule has 1 N–H and O–H groups in total. The van der Waals surface area contributed by atoms with Gasteiger partial charge in [-0.2, -0.15) is 0 Å². The molecule has 0 saturated carbocycles. The van der Waals surface area contributed by atoms with Crippen LogP contribution in [0.2, 0.25) is 0 Å². The quantitative estimate of drug-likeness (QED) is 0.606. The first-order valence-corrected chi connectivity index (χ1v) is 4.90. The molecule has 1 aromatic rings. The lowest BCUT2D eigenvalue weighted by Gasteiger charge is -2.00. The van der Waals surface area contributed by atoms with E-state index in [4.69, 9.17) is 4.42 Å². The van der Waals surface area contributed by atoms with Gasteiger partial charge in [-0.05, 0) is 26.8 Å². The second kappa shape index (κ2) is 5.26. The summed E-state index contributed by atoms with van der Waals surface area (Å²) in [5, 5.41) is 2.79. The molecule has 15 heavy (non-hydrogen) atoms. The molecule has 80 valence electrons. The van der Waals surface area contributed by atoms with Crippen molar-refractivity contribution in [1.82, 2.24) is 5.32 Å². The summed E-state index contributed by atoms with van der Waals surface area (Å²) in [6.07, 6.45) is 0.679. The van der Waals surface area contributed by atoms with Crippen LogP contribution in [0.3, 0.4) is 0 Å². The van der Waals surface area contributed by atoms with E-state index in [9.17, 15) is 4.79 Å². The molecule has 0 bridgehead atoms. The number of rotatable bonds is 3. The molecule has 0 aliphatic heterocycles. The van der Waals surface area contributed by atoms with Gasteiger partial charge in [0.25, 0.3) is 5.91 Å². The minimum Gasteiger partial charge on any atom is -0.466 e. The van der Waals surface area contributed by atoms with Crippen LogP contribution in [0.1, 0.15) is 35.2 Å². The van der Waals surface area contributed by atoms with Gasteiger partial charge in [-0.15, -0.1) is 11.8 Å². The lowest BCUT2D eigenvalue weighted by atomic mass is 10.2. The van der Waals surface area contributed by atoms with Crippen molar-refractivity contribution in [3.05, 3.63) is 23.2 Å². The third-order valence-electron chi connectivity index (χ3n) is 2.00. The third kappa shape index (κ3) is 3.17. The molecule has 0 atom stereocenters. The molecule has 1 amide bonds. The zero-order valence-corrected chi connectivity index (χ0v) is 9.31. The monoisotopic (exact) mass is 205 g/mol. The van der Waals surface area contributed by atoms with Crippen LogP contribution in [0.4, 0.5) is 0 Å². The van der Waals surface area contributed by atoms with Crippen molar-refractivity contribution < 1.29 is 9.21 Å². The fourth-order valence-electron chi connectivity index (χ4n) is 1.32. The second-order valence-corrected chi connectivity index (χ2v) is 3.26. The Morgan fingerprint density at radius 1 is 1.53 bits per heavy atom. The maximum atomic E-state index is 11.6. The summed E-state index contributed by atoms with van der Waals surface area (Å²) in [7, 11) is 0. The zero-order chi connectivity index (χ0) is 11.3. The average molecular weight is 205 g/mol. The minimum absolute atomic E-state index is 0.0951. The van der Waals surface area contributed by atoms with Crippen LogP contribution in [-0.2, 0) is 0 Å². The number of hydrogen-bond donors (Lipinski definition) is 1. The van der Waals surface area contributed by atoms with Crippen molar-refractivity contribution in [1.29, 1.82) is 0 Å². The largest absolute Gasteiger partial charge is 0.466 e. The fourth-order valence-corrected chi connectivity index (χ4v) is 1.32. The molecule has 0 spiro atoms. The van der Waals surface area contributed by atoms with Crippen molar-refractivity contribution in [3.8, 4) is 11.8 Å². The molecule has 3 nitrogen and oxygen atoms in total. The van der Waals surface area contributed by atoms with E-state index < -0.39 is 0 Å². The minimum atomic E-state index is -0.0951. The smallest absolute Gasteiger partial charge is 0.254 e. The molecule has 1 rings (SSSR count). The van der Waals surface area contributed by atoms with Crippen molar-refractivity contribution in [3.63, 3.8) is 0 Å². The number of furan rings is 1. The molecule has 1 aromatic heterocycles. The van der Waals surface area contributed by atoms with Gasteiger partial charge in [-0.25, -0.2) is 0 Å². The number of hydrogen-bond acceptors (Lipinski definition) is 2. The number of aryl methyl sites for hydroxylation is 2. The van der Waals surface area contributed by atoms with E-state index in [-0.39, 0.29) is 5.91 Å².